The second-order valence-corrected chi connectivity index (χ2v) is 8.46. The third kappa shape index (κ3) is 4.92. The summed E-state index contributed by atoms with van der Waals surface area (Å²) in [6.45, 7) is 0. The highest BCUT2D eigenvalue weighted by molar-refractivity contribution is 8.19. The molecule has 0 unspecified atom stereocenters. The first-order valence-corrected chi connectivity index (χ1v) is 11.7. The topological polar surface area (TPSA) is 86.7 Å². The minimum atomic E-state index is -0.458. The number of para-hydroxylation sites is 2. The van der Waals surface area contributed by atoms with Crippen LogP contribution in [0.25, 0.3) is 6.08 Å². The molecule has 0 bridgehead atoms. The molecule has 0 radical (unpaired) electrons. The Morgan fingerprint density at radius 2 is 1.44 bits per heavy atom. The molecule has 0 N–H and O–H groups in total. The maximum absolute atomic E-state index is 13.6. The summed E-state index contributed by atoms with van der Waals surface area (Å²) in [5, 5.41) is 0.219. The zero-order valence-electron chi connectivity index (χ0n) is 20.2. The summed E-state index contributed by atoms with van der Waals surface area (Å²) in [6, 6.07) is 19.2. The van der Waals surface area contributed by atoms with Crippen LogP contribution in [-0.4, -0.2) is 45.4 Å². The number of hydrogen-bond donors (Lipinski definition) is 0. The van der Waals surface area contributed by atoms with E-state index < -0.39 is 5.91 Å². The van der Waals surface area contributed by atoms with E-state index in [2.05, 4.69) is 4.99 Å². The normalized spacial score (nSPS) is 15.3. The highest BCUT2D eigenvalue weighted by Crippen LogP contribution is 2.42. The van der Waals surface area contributed by atoms with Crippen molar-refractivity contribution in [3.8, 4) is 23.0 Å². The monoisotopic (exact) mass is 504 g/mol. The number of amidine groups is 1. The molecule has 4 rings (SSSR count). The van der Waals surface area contributed by atoms with Crippen LogP contribution in [0.4, 0.5) is 5.69 Å². The van der Waals surface area contributed by atoms with E-state index in [0.29, 0.717) is 44.7 Å². The van der Waals surface area contributed by atoms with Gasteiger partial charge < -0.3 is 18.9 Å². The van der Waals surface area contributed by atoms with Crippen LogP contribution in [0, 0.1) is 0 Å². The zero-order chi connectivity index (χ0) is 25.7. The number of ether oxygens (including phenoxy) is 4. The second kappa shape index (κ2) is 11.0. The maximum atomic E-state index is 13.6. The minimum absolute atomic E-state index is 0.219. The molecule has 0 aromatic heterocycles. The van der Waals surface area contributed by atoms with E-state index in [1.165, 1.54) is 33.3 Å². The molecule has 0 spiro atoms. The van der Waals surface area contributed by atoms with E-state index >= 15 is 0 Å². The Labute approximate surface area is 213 Å². The fraction of sp³-hybridized carbons (Fsp3) is 0.148. The van der Waals surface area contributed by atoms with Gasteiger partial charge in [0.1, 0.15) is 5.75 Å². The Morgan fingerprint density at radius 3 is 2.06 bits per heavy atom. The van der Waals surface area contributed by atoms with Gasteiger partial charge in [0.15, 0.2) is 16.7 Å². The molecule has 0 aliphatic carbocycles. The summed E-state index contributed by atoms with van der Waals surface area (Å²) >= 11 is 1.09. The Hall–Kier alpha value is -4.24. The average Bonchev–Trinajstić information content (AvgIpc) is 3.21. The van der Waals surface area contributed by atoms with Crippen molar-refractivity contribution in [2.24, 2.45) is 4.99 Å². The van der Waals surface area contributed by atoms with Crippen molar-refractivity contribution in [3.05, 3.63) is 82.8 Å². The summed E-state index contributed by atoms with van der Waals surface area (Å²) < 4.78 is 21.7. The molecule has 1 heterocycles. The van der Waals surface area contributed by atoms with Crippen molar-refractivity contribution < 1.29 is 28.5 Å². The number of amides is 2. The van der Waals surface area contributed by atoms with Gasteiger partial charge in [-0.05, 0) is 59.8 Å². The summed E-state index contributed by atoms with van der Waals surface area (Å²) in [4.78, 5) is 32.6. The largest absolute Gasteiger partial charge is 0.495 e. The summed E-state index contributed by atoms with van der Waals surface area (Å²) in [6.07, 6.45) is 1.69. The quantitative estimate of drug-likeness (QED) is 0.417. The second-order valence-electron chi connectivity index (χ2n) is 7.45. The SMILES string of the molecule is COc1ccccc1N1C(=O)C(=Cc2cc(OC)c(OC)c(OC)c2)SC1=NC(=O)c1ccccc1. The number of methoxy groups -OCH3 is 4. The number of benzene rings is 3. The number of thioether (sulfide) groups is 1. The fourth-order valence-corrected chi connectivity index (χ4v) is 4.62. The predicted octanol–water partition coefficient (Wildman–Crippen LogP) is 5.04. The molecule has 2 amide bonds. The van der Waals surface area contributed by atoms with Gasteiger partial charge in [-0.3, -0.25) is 14.5 Å². The number of nitrogens with zero attached hydrogens (tertiary/aromatic N) is 2. The van der Waals surface area contributed by atoms with Crippen molar-refractivity contribution in [2.45, 2.75) is 0 Å². The van der Waals surface area contributed by atoms with E-state index in [1.807, 2.05) is 6.07 Å². The molecule has 1 aliphatic heterocycles. The lowest BCUT2D eigenvalue weighted by molar-refractivity contribution is -0.113. The van der Waals surface area contributed by atoms with Gasteiger partial charge in [0.2, 0.25) is 5.75 Å². The van der Waals surface area contributed by atoms with Gasteiger partial charge in [0, 0.05) is 5.56 Å². The molecule has 0 atom stereocenters. The number of aliphatic imine (C=N–C) groups is 1. The van der Waals surface area contributed by atoms with Gasteiger partial charge in [-0.15, -0.1) is 0 Å². The number of hydrogen-bond acceptors (Lipinski definition) is 7. The number of carbonyl (C=O) groups is 2. The Morgan fingerprint density at radius 1 is 0.833 bits per heavy atom. The first kappa shape index (κ1) is 24.9. The summed E-state index contributed by atoms with van der Waals surface area (Å²) in [7, 11) is 6.08. The zero-order valence-corrected chi connectivity index (χ0v) is 21.0. The number of anilines is 1. The van der Waals surface area contributed by atoms with Crippen molar-refractivity contribution in [1.29, 1.82) is 0 Å². The van der Waals surface area contributed by atoms with Gasteiger partial charge >= 0.3 is 0 Å². The molecule has 184 valence electrons. The van der Waals surface area contributed by atoms with Gasteiger partial charge in [-0.2, -0.15) is 4.99 Å². The van der Waals surface area contributed by atoms with Crippen molar-refractivity contribution in [3.63, 3.8) is 0 Å². The van der Waals surface area contributed by atoms with Crippen LogP contribution in [0.5, 0.6) is 23.0 Å². The molecule has 8 nitrogen and oxygen atoms in total. The molecule has 1 saturated heterocycles. The van der Waals surface area contributed by atoms with Crippen LogP contribution in [0.1, 0.15) is 15.9 Å². The predicted molar refractivity (Wildman–Crippen MR) is 140 cm³/mol. The van der Waals surface area contributed by atoms with Gasteiger partial charge in [0.05, 0.1) is 39.0 Å². The van der Waals surface area contributed by atoms with E-state index in [0.717, 1.165) is 11.8 Å². The third-order valence-corrected chi connectivity index (χ3v) is 6.30. The Kier molecular flexibility index (Phi) is 7.60. The van der Waals surface area contributed by atoms with E-state index in [-0.39, 0.29) is 11.1 Å². The van der Waals surface area contributed by atoms with E-state index in [1.54, 1.807) is 66.7 Å². The molecular weight excluding hydrogens is 480 g/mol. The molecule has 9 heteroatoms. The lowest BCUT2D eigenvalue weighted by atomic mass is 10.1. The van der Waals surface area contributed by atoms with Crippen molar-refractivity contribution in [1.82, 2.24) is 0 Å². The number of carbonyl (C=O) groups excluding carboxylic acids is 2. The molecular formula is C27H24N2O6S. The first-order chi connectivity index (χ1) is 17.5. The smallest absolute Gasteiger partial charge is 0.279 e. The molecule has 3 aromatic rings. The molecule has 1 aliphatic rings. The molecule has 3 aromatic carbocycles. The van der Waals surface area contributed by atoms with E-state index in [9.17, 15) is 9.59 Å². The van der Waals surface area contributed by atoms with Crippen LogP contribution >= 0.6 is 11.8 Å². The van der Waals surface area contributed by atoms with Crippen molar-refractivity contribution >= 4 is 40.5 Å². The average molecular weight is 505 g/mol. The fourth-order valence-electron chi connectivity index (χ4n) is 3.64. The first-order valence-electron chi connectivity index (χ1n) is 10.9. The highest BCUT2D eigenvalue weighted by Gasteiger charge is 2.37. The third-order valence-electron chi connectivity index (χ3n) is 5.34. The van der Waals surface area contributed by atoms with Crippen LogP contribution in [0.3, 0.4) is 0 Å². The van der Waals surface area contributed by atoms with E-state index in [4.69, 9.17) is 18.9 Å². The lowest BCUT2D eigenvalue weighted by Crippen LogP contribution is -2.29. The Bertz CT molecular complexity index is 1330. The Balaban J connectivity index is 1.81. The van der Waals surface area contributed by atoms with Crippen LogP contribution < -0.4 is 23.8 Å². The summed E-state index contributed by atoms with van der Waals surface area (Å²) in [5.41, 5.74) is 1.54. The number of rotatable bonds is 7. The van der Waals surface area contributed by atoms with Crippen LogP contribution in [0.15, 0.2) is 76.6 Å². The standard InChI is InChI=1S/C27H24N2O6S/c1-32-20-13-9-8-12-19(20)29-26(31)23(36-27(29)28-25(30)18-10-6-5-7-11-18)16-17-14-21(33-2)24(35-4)22(15-17)34-3/h5-16H,1-4H3. The molecule has 1 fully saturated rings. The molecule has 0 saturated carbocycles. The maximum Gasteiger partial charge on any atom is 0.279 e. The molecule has 36 heavy (non-hydrogen) atoms. The lowest BCUT2D eigenvalue weighted by Gasteiger charge is -2.18. The van der Waals surface area contributed by atoms with Crippen LogP contribution in [-0.2, 0) is 4.79 Å². The minimum Gasteiger partial charge on any atom is -0.495 e. The van der Waals surface area contributed by atoms with Gasteiger partial charge in [-0.25, -0.2) is 0 Å². The van der Waals surface area contributed by atoms with Crippen molar-refractivity contribution in [2.75, 3.05) is 33.3 Å². The van der Waals surface area contributed by atoms with Gasteiger partial charge in [0.25, 0.3) is 11.8 Å². The van der Waals surface area contributed by atoms with Crippen LogP contribution in [0.2, 0.25) is 0 Å². The van der Waals surface area contributed by atoms with Gasteiger partial charge in [-0.1, -0.05) is 30.3 Å². The summed E-state index contributed by atoms with van der Waals surface area (Å²) in [5.74, 6) is 1.01. The highest BCUT2D eigenvalue weighted by atomic mass is 32.2.